The summed E-state index contributed by atoms with van der Waals surface area (Å²) in [5.74, 6) is -1.10. The van der Waals surface area contributed by atoms with Gasteiger partial charge in [-0.3, -0.25) is 9.89 Å². The van der Waals surface area contributed by atoms with Crippen LogP contribution in [0, 0.1) is 0 Å². The largest absolute Gasteiger partial charge is 0.481 e. The Labute approximate surface area is 88.7 Å². The van der Waals surface area contributed by atoms with Crippen LogP contribution >= 0.6 is 0 Å². The van der Waals surface area contributed by atoms with E-state index in [1.807, 2.05) is 0 Å². The monoisotopic (exact) mass is 208 g/mol. The van der Waals surface area contributed by atoms with Gasteiger partial charge < -0.3 is 5.11 Å². The minimum atomic E-state index is -0.736. The molecule has 0 amide bonds. The fraction of sp³-hybridized carbons (Fsp3) is 0.636. The highest BCUT2D eigenvalue weighted by Crippen LogP contribution is 2.38. The van der Waals surface area contributed by atoms with Crippen molar-refractivity contribution >= 4 is 5.97 Å². The molecule has 1 heterocycles. The van der Waals surface area contributed by atoms with Gasteiger partial charge in [0.05, 0.1) is 11.6 Å². The Morgan fingerprint density at radius 2 is 2.20 bits per heavy atom. The van der Waals surface area contributed by atoms with E-state index in [-0.39, 0.29) is 11.3 Å². The highest BCUT2D eigenvalue weighted by molar-refractivity contribution is 5.78. The molecule has 0 fully saturated rings. The number of rotatable bonds is 1. The lowest BCUT2D eigenvalue weighted by atomic mass is 9.86. The quantitative estimate of drug-likeness (QED) is 0.739. The molecule has 1 aromatic heterocycles. The van der Waals surface area contributed by atoms with E-state index >= 15 is 0 Å². The van der Waals surface area contributed by atoms with Crippen molar-refractivity contribution < 1.29 is 9.90 Å². The minimum absolute atomic E-state index is 0.0951. The number of carboxylic acids is 1. The Hall–Kier alpha value is -1.32. The number of aryl methyl sites for hydroxylation is 1. The molecule has 0 radical (unpaired) electrons. The first-order valence-corrected chi connectivity index (χ1v) is 5.21. The number of fused-ring (bicyclic) bond motifs is 1. The maximum Gasteiger partial charge on any atom is 0.311 e. The highest BCUT2D eigenvalue weighted by Gasteiger charge is 2.36. The molecule has 82 valence electrons. The Morgan fingerprint density at radius 1 is 1.53 bits per heavy atom. The summed E-state index contributed by atoms with van der Waals surface area (Å²) >= 11 is 0. The zero-order valence-electron chi connectivity index (χ0n) is 9.29. The molecule has 0 aromatic carbocycles. The van der Waals surface area contributed by atoms with Gasteiger partial charge in [-0.1, -0.05) is 20.8 Å². The minimum Gasteiger partial charge on any atom is -0.481 e. The number of H-pyrrole nitrogens is 1. The molecule has 1 atom stereocenters. The number of aliphatic carboxylic acids is 1. The van der Waals surface area contributed by atoms with E-state index in [9.17, 15) is 4.79 Å². The SMILES string of the molecule is CC(C)(C)c1n[nH]c2c1C(C(=O)O)CC2. The van der Waals surface area contributed by atoms with Gasteiger partial charge in [0.15, 0.2) is 0 Å². The molecule has 1 aromatic rings. The third kappa shape index (κ3) is 1.54. The average molecular weight is 208 g/mol. The predicted octanol–water partition coefficient (Wildman–Crippen LogP) is 1.82. The lowest BCUT2D eigenvalue weighted by Gasteiger charge is -2.18. The first-order chi connectivity index (χ1) is 6.91. The van der Waals surface area contributed by atoms with Gasteiger partial charge in [-0.05, 0) is 12.8 Å². The molecule has 2 N–H and O–H groups in total. The Kier molecular flexibility index (Phi) is 2.10. The Balaban J connectivity index is 2.50. The van der Waals surface area contributed by atoms with Crippen molar-refractivity contribution in [2.24, 2.45) is 0 Å². The van der Waals surface area contributed by atoms with E-state index in [0.717, 1.165) is 23.4 Å². The van der Waals surface area contributed by atoms with E-state index < -0.39 is 5.97 Å². The predicted molar refractivity (Wildman–Crippen MR) is 56.0 cm³/mol. The number of hydrogen-bond donors (Lipinski definition) is 2. The number of hydrogen-bond acceptors (Lipinski definition) is 2. The molecule has 1 unspecified atom stereocenters. The molecule has 1 aliphatic rings. The van der Waals surface area contributed by atoms with Gasteiger partial charge in [-0.15, -0.1) is 0 Å². The number of nitrogens with one attached hydrogen (secondary N) is 1. The number of nitrogens with zero attached hydrogens (tertiary/aromatic N) is 1. The molecular formula is C11H16N2O2. The zero-order chi connectivity index (χ0) is 11.2. The molecule has 2 rings (SSSR count). The summed E-state index contributed by atoms with van der Waals surface area (Å²) in [6.45, 7) is 6.17. The molecule has 4 nitrogen and oxygen atoms in total. The second-order valence-corrected chi connectivity index (χ2v) is 5.14. The van der Waals surface area contributed by atoms with Gasteiger partial charge in [0.25, 0.3) is 0 Å². The van der Waals surface area contributed by atoms with Crippen LogP contribution in [0.4, 0.5) is 0 Å². The normalized spacial score (nSPS) is 20.3. The van der Waals surface area contributed by atoms with E-state index in [0.29, 0.717) is 6.42 Å². The fourth-order valence-electron chi connectivity index (χ4n) is 2.20. The van der Waals surface area contributed by atoms with E-state index in [2.05, 4.69) is 31.0 Å². The highest BCUT2D eigenvalue weighted by atomic mass is 16.4. The Bertz CT molecular complexity index is 401. The molecule has 4 heteroatoms. The maximum absolute atomic E-state index is 11.1. The summed E-state index contributed by atoms with van der Waals surface area (Å²) < 4.78 is 0. The number of carbonyl (C=O) groups is 1. The van der Waals surface area contributed by atoms with Gasteiger partial charge >= 0.3 is 5.97 Å². The van der Waals surface area contributed by atoms with Crippen LogP contribution in [-0.4, -0.2) is 21.3 Å². The van der Waals surface area contributed by atoms with E-state index in [1.165, 1.54) is 0 Å². The molecule has 0 saturated carbocycles. The van der Waals surface area contributed by atoms with E-state index in [1.54, 1.807) is 0 Å². The number of carboxylic acid groups (broad SMARTS) is 1. The lowest BCUT2D eigenvalue weighted by molar-refractivity contribution is -0.138. The van der Waals surface area contributed by atoms with Crippen LogP contribution in [0.3, 0.4) is 0 Å². The van der Waals surface area contributed by atoms with Crippen molar-refractivity contribution in [3.05, 3.63) is 17.0 Å². The fourth-order valence-corrected chi connectivity index (χ4v) is 2.20. The Morgan fingerprint density at radius 3 is 2.73 bits per heavy atom. The molecular weight excluding hydrogens is 192 g/mol. The first kappa shape index (κ1) is 10.2. The van der Waals surface area contributed by atoms with E-state index in [4.69, 9.17) is 5.11 Å². The summed E-state index contributed by atoms with van der Waals surface area (Å²) in [7, 11) is 0. The smallest absolute Gasteiger partial charge is 0.311 e. The third-order valence-corrected chi connectivity index (χ3v) is 2.92. The molecule has 0 spiro atoms. The van der Waals surface area contributed by atoms with Crippen molar-refractivity contribution in [3.8, 4) is 0 Å². The van der Waals surface area contributed by atoms with Crippen molar-refractivity contribution in [1.29, 1.82) is 0 Å². The molecule has 0 bridgehead atoms. The maximum atomic E-state index is 11.1. The van der Waals surface area contributed by atoms with Crippen LogP contribution in [0.1, 0.15) is 50.1 Å². The van der Waals surface area contributed by atoms with Crippen LogP contribution in [-0.2, 0) is 16.6 Å². The molecule has 0 aliphatic heterocycles. The second-order valence-electron chi connectivity index (χ2n) is 5.14. The van der Waals surface area contributed by atoms with Crippen LogP contribution in [0.2, 0.25) is 0 Å². The van der Waals surface area contributed by atoms with Gasteiger partial charge in [0, 0.05) is 16.7 Å². The van der Waals surface area contributed by atoms with Gasteiger partial charge in [-0.25, -0.2) is 0 Å². The summed E-state index contributed by atoms with van der Waals surface area (Å²) in [5, 5.41) is 16.3. The average Bonchev–Trinajstić information content (AvgIpc) is 2.57. The topological polar surface area (TPSA) is 66.0 Å². The van der Waals surface area contributed by atoms with Crippen LogP contribution in [0.5, 0.6) is 0 Å². The molecule has 0 saturated heterocycles. The van der Waals surface area contributed by atoms with Crippen molar-refractivity contribution in [1.82, 2.24) is 10.2 Å². The van der Waals surface area contributed by atoms with Gasteiger partial charge in [0.2, 0.25) is 0 Å². The number of aromatic nitrogens is 2. The first-order valence-electron chi connectivity index (χ1n) is 5.21. The second kappa shape index (κ2) is 3.08. The zero-order valence-corrected chi connectivity index (χ0v) is 9.29. The number of aromatic amines is 1. The van der Waals surface area contributed by atoms with Crippen molar-refractivity contribution in [3.63, 3.8) is 0 Å². The van der Waals surface area contributed by atoms with Crippen LogP contribution in [0.15, 0.2) is 0 Å². The third-order valence-electron chi connectivity index (χ3n) is 2.92. The summed E-state index contributed by atoms with van der Waals surface area (Å²) in [4.78, 5) is 11.1. The van der Waals surface area contributed by atoms with Gasteiger partial charge in [0.1, 0.15) is 0 Å². The lowest BCUT2D eigenvalue weighted by Crippen LogP contribution is -2.18. The van der Waals surface area contributed by atoms with Crippen molar-refractivity contribution in [2.75, 3.05) is 0 Å². The summed E-state index contributed by atoms with van der Waals surface area (Å²) in [6.07, 6.45) is 1.50. The van der Waals surface area contributed by atoms with Crippen LogP contribution in [0.25, 0.3) is 0 Å². The summed E-state index contributed by atoms with van der Waals surface area (Å²) in [6, 6.07) is 0. The van der Waals surface area contributed by atoms with Crippen molar-refractivity contribution in [2.45, 2.75) is 44.9 Å². The van der Waals surface area contributed by atoms with Gasteiger partial charge in [-0.2, -0.15) is 5.10 Å². The molecule has 15 heavy (non-hydrogen) atoms. The molecule has 1 aliphatic carbocycles. The standard InChI is InChI=1S/C11H16N2O2/c1-11(2,3)9-8-6(10(14)15)4-5-7(8)12-13-9/h6H,4-5H2,1-3H3,(H,12,13)(H,14,15). The van der Waals surface area contributed by atoms with Crippen LogP contribution < -0.4 is 0 Å². The summed E-state index contributed by atoms with van der Waals surface area (Å²) in [5.41, 5.74) is 2.74.